The first-order valence-corrected chi connectivity index (χ1v) is 15.3. The summed E-state index contributed by atoms with van der Waals surface area (Å²) in [6, 6.07) is 5.92. The maximum absolute atomic E-state index is 14.2. The maximum Gasteiger partial charge on any atom is 0.246 e. The molecule has 0 unspecified atom stereocenters. The van der Waals surface area contributed by atoms with Crippen molar-refractivity contribution >= 4 is 34.5 Å². The first-order valence-electron chi connectivity index (χ1n) is 15.3. The highest BCUT2D eigenvalue weighted by atomic mass is 16.2. The van der Waals surface area contributed by atoms with Crippen LogP contribution in [0.3, 0.4) is 0 Å². The van der Waals surface area contributed by atoms with Crippen LogP contribution in [-0.4, -0.2) is 64.2 Å². The van der Waals surface area contributed by atoms with Crippen molar-refractivity contribution in [1.29, 1.82) is 0 Å². The van der Waals surface area contributed by atoms with Gasteiger partial charge in [-0.25, -0.2) is 0 Å². The van der Waals surface area contributed by atoms with E-state index in [0.29, 0.717) is 31.6 Å². The number of rotatable bonds is 7. The molecule has 0 radical (unpaired) electrons. The molecule has 0 saturated carbocycles. The summed E-state index contributed by atoms with van der Waals surface area (Å²) in [6.45, 7) is 10.6. The van der Waals surface area contributed by atoms with Crippen LogP contribution in [0.4, 0.5) is 0 Å². The highest BCUT2D eigenvalue weighted by molar-refractivity contribution is 5.94. The molecular weight excluding hydrogens is 518 g/mol. The standard InChI is InChI=1S/C32H47N5O4/c1-19(2)10-13-29(38)34-23-16-28-31(40)36-25(20(3)4)12-11-21(5)14-30(39)35-27(32(41)37(28)18-23)15-22-17-33-26-9-7-6-8-24(22)26/h6-9,17,19-21,23,25,27-28,33H,10-16,18H2,1-5H3,(H,34,38)(H,35,39)(H,36,40)/t21-,23-,25+,27-,28+/m1/s1. The largest absolute Gasteiger partial charge is 0.361 e. The molecule has 9 heteroatoms. The molecule has 4 amide bonds. The van der Waals surface area contributed by atoms with Gasteiger partial charge in [0.15, 0.2) is 0 Å². The number of hydrogen-bond acceptors (Lipinski definition) is 4. The number of nitrogens with one attached hydrogen (secondary N) is 4. The number of nitrogens with zero attached hydrogens (tertiary/aromatic N) is 1. The lowest BCUT2D eigenvalue weighted by atomic mass is 9.92. The lowest BCUT2D eigenvalue weighted by molar-refractivity contribution is -0.141. The summed E-state index contributed by atoms with van der Waals surface area (Å²) >= 11 is 0. The van der Waals surface area contributed by atoms with Crippen LogP contribution in [0, 0.1) is 17.8 Å². The Morgan fingerprint density at radius 3 is 2.56 bits per heavy atom. The van der Waals surface area contributed by atoms with E-state index in [1.807, 2.05) is 37.4 Å². The molecular formula is C32H47N5O4. The average Bonchev–Trinajstić information content (AvgIpc) is 3.52. The number of fused-ring (bicyclic) bond motifs is 2. The molecule has 5 atom stereocenters. The molecule has 0 aliphatic carbocycles. The Morgan fingerprint density at radius 1 is 1.07 bits per heavy atom. The zero-order chi connectivity index (χ0) is 29.7. The highest BCUT2D eigenvalue weighted by Crippen LogP contribution is 2.25. The minimum Gasteiger partial charge on any atom is -0.361 e. The predicted molar refractivity (Wildman–Crippen MR) is 160 cm³/mol. The van der Waals surface area contributed by atoms with E-state index in [1.54, 1.807) is 4.90 Å². The van der Waals surface area contributed by atoms with Gasteiger partial charge in [-0.15, -0.1) is 0 Å². The van der Waals surface area contributed by atoms with Gasteiger partial charge in [0.1, 0.15) is 12.1 Å². The van der Waals surface area contributed by atoms with Crippen molar-refractivity contribution < 1.29 is 19.2 Å². The fourth-order valence-electron chi connectivity index (χ4n) is 6.06. The fraction of sp³-hybridized carbons (Fsp3) is 0.625. The second-order valence-electron chi connectivity index (χ2n) is 12.9. The molecule has 1 aromatic carbocycles. The van der Waals surface area contributed by atoms with Crippen LogP contribution in [0.25, 0.3) is 10.9 Å². The van der Waals surface area contributed by atoms with Crippen molar-refractivity contribution in [3.8, 4) is 0 Å². The summed E-state index contributed by atoms with van der Waals surface area (Å²) in [4.78, 5) is 58.7. The number of amides is 4. The molecule has 2 fully saturated rings. The molecule has 2 aromatic rings. The van der Waals surface area contributed by atoms with Gasteiger partial charge < -0.3 is 25.8 Å². The molecule has 41 heavy (non-hydrogen) atoms. The number of para-hydroxylation sites is 1. The number of carbonyl (C=O) groups is 4. The first kappa shape index (κ1) is 30.6. The molecule has 0 spiro atoms. The van der Waals surface area contributed by atoms with Crippen molar-refractivity contribution in [3.05, 3.63) is 36.0 Å². The number of hydrogen-bond donors (Lipinski definition) is 4. The van der Waals surface area contributed by atoms with Crippen LogP contribution < -0.4 is 16.0 Å². The second-order valence-corrected chi connectivity index (χ2v) is 12.9. The monoisotopic (exact) mass is 565 g/mol. The van der Waals surface area contributed by atoms with Gasteiger partial charge in [0.2, 0.25) is 23.6 Å². The van der Waals surface area contributed by atoms with Crippen LogP contribution in [0.2, 0.25) is 0 Å². The molecule has 3 heterocycles. The van der Waals surface area contributed by atoms with Crippen LogP contribution in [0.15, 0.2) is 30.5 Å². The van der Waals surface area contributed by atoms with Crippen LogP contribution >= 0.6 is 0 Å². The summed E-state index contributed by atoms with van der Waals surface area (Å²) in [6.07, 6.45) is 5.58. The van der Waals surface area contributed by atoms with Crippen LogP contribution in [0.1, 0.15) is 78.7 Å². The number of benzene rings is 1. The molecule has 2 saturated heterocycles. The van der Waals surface area contributed by atoms with Crippen molar-refractivity contribution in [2.45, 2.75) is 104 Å². The van der Waals surface area contributed by atoms with Crippen LogP contribution in [0.5, 0.6) is 0 Å². The third-order valence-electron chi connectivity index (χ3n) is 8.57. The first-order chi connectivity index (χ1) is 19.5. The highest BCUT2D eigenvalue weighted by Gasteiger charge is 2.43. The van der Waals surface area contributed by atoms with Gasteiger partial charge in [0.05, 0.1) is 0 Å². The number of carbonyl (C=O) groups excluding carboxylic acids is 4. The third-order valence-corrected chi connectivity index (χ3v) is 8.57. The van der Waals surface area contributed by atoms with Crippen molar-refractivity contribution in [1.82, 2.24) is 25.8 Å². The van der Waals surface area contributed by atoms with Gasteiger partial charge in [-0.3, -0.25) is 19.2 Å². The summed E-state index contributed by atoms with van der Waals surface area (Å²) in [5, 5.41) is 10.3. The van der Waals surface area contributed by atoms with Gasteiger partial charge in [-0.1, -0.05) is 52.8 Å². The Bertz CT molecular complexity index is 1240. The number of aromatic amines is 1. The Balaban J connectivity index is 1.63. The molecule has 0 bridgehead atoms. The molecule has 4 N–H and O–H groups in total. The Kier molecular flexibility index (Phi) is 10.1. The summed E-state index contributed by atoms with van der Waals surface area (Å²) in [7, 11) is 0. The molecule has 1 aromatic heterocycles. The molecule has 2 aliphatic heterocycles. The van der Waals surface area contributed by atoms with E-state index < -0.39 is 12.1 Å². The second kappa shape index (κ2) is 13.5. The van der Waals surface area contributed by atoms with E-state index in [2.05, 4.69) is 48.6 Å². The Hall–Kier alpha value is -3.36. The lowest BCUT2D eigenvalue weighted by Crippen LogP contribution is -2.55. The molecule has 4 rings (SSSR count). The van der Waals surface area contributed by atoms with E-state index in [1.165, 1.54) is 0 Å². The quantitative estimate of drug-likeness (QED) is 0.409. The van der Waals surface area contributed by atoms with E-state index in [-0.39, 0.29) is 54.1 Å². The zero-order valence-corrected chi connectivity index (χ0v) is 25.2. The number of H-pyrrole nitrogens is 1. The molecule has 9 nitrogen and oxygen atoms in total. The van der Waals surface area contributed by atoms with Crippen molar-refractivity contribution in [2.24, 2.45) is 17.8 Å². The summed E-state index contributed by atoms with van der Waals surface area (Å²) in [5.41, 5.74) is 1.89. The van der Waals surface area contributed by atoms with Gasteiger partial charge in [-0.2, -0.15) is 0 Å². The molecule has 224 valence electrons. The average molecular weight is 566 g/mol. The SMILES string of the molecule is CC(C)CCC(=O)N[C@@H]1C[C@H]2C(=O)N[C@H](C(C)C)CC[C@@H](C)CC(=O)N[C@H](Cc3c[nH]c4ccccc34)C(=O)N2C1. The summed E-state index contributed by atoms with van der Waals surface area (Å²) in [5.74, 6) is 0.00784. The lowest BCUT2D eigenvalue weighted by Gasteiger charge is -2.30. The number of aromatic nitrogens is 1. The zero-order valence-electron chi connectivity index (χ0n) is 25.2. The van der Waals surface area contributed by atoms with Gasteiger partial charge in [-0.05, 0) is 55.1 Å². The van der Waals surface area contributed by atoms with E-state index in [9.17, 15) is 19.2 Å². The van der Waals surface area contributed by atoms with Gasteiger partial charge >= 0.3 is 0 Å². The van der Waals surface area contributed by atoms with Crippen LogP contribution in [-0.2, 0) is 25.6 Å². The smallest absolute Gasteiger partial charge is 0.246 e. The van der Waals surface area contributed by atoms with Gasteiger partial charge in [0, 0.05) is 55.0 Å². The van der Waals surface area contributed by atoms with Crippen molar-refractivity contribution in [2.75, 3.05) is 6.54 Å². The topological polar surface area (TPSA) is 123 Å². The molecule has 2 aliphatic rings. The summed E-state index contributed by atoms with van der Waals surface area (Å²) < 4.78 is 0. The maximum atomic E-state index is 14.2. The third kappa shape index (κ3) is 7.89. The van der Waals surface area contributed by atoms with Gasteiger partial charge in [0.25, 0.3) is 0 Å². The van der Waals surface area contributed by atoms with E-state index >= 15 is 0 Å². The normalized spacial score (nSPS) is 26.3. The Morgan fingerprint density at radius 2 is 1.83 bits per heavy atom. The Labute approximate surface area is 243 Å². The fourth-order valence-corrected chi connectivity index (χ4v) is 6.06. The van der Waals surface area contributed by atoms with E-state index in [0.717, 1.165) is 35.7 Å². The minimum absolute atomic E-state index is 0.0626. The van der Waals surface area contributed by atoms with Crippen molar-refractivity contribution in [3.63, 3.8) is 0 Å². The van der Waals surface area contributed by atoms with E-state index in [4.69, 9.17) is 0 Å². The minimum atomic E-state index is -0.832. The predicted octanol–water partition coefficient (Wildman–Crippen LogP) is 3.68.